The molecule has 1 N–H and O–H groups in total. The van der Waals surface area contributed by atoms with Crippen molar-refractivity contribution in [3.63, 3.8) is 0 Å². The minimum Gasteiger partial charge on any atom is -0.487 e. The number of hydrogen-bond donors (Lipinski definition) is 1. The van der Waals surface area contributed by atoms with Crippen molar-refractivity contribution in [1.82, 2.24) is 9.38 Å². The van der Waals surface area contributed by atoms with Crippen LogP contribution >= 0.6 is 22.9 Å². The number of carbonyl (C=O) groups excluding carboxylic acids is 1. The summed E-state index contributed by atoms with van der Waals surface area (Å²) in [6, 6.07) is 15.1. The van der Waals surface area contributed by atoms with Crippen molar-refractivity contribution in [2.75, 3.05) is 5.32 Å². The highest BCUT2D eigenvalue weighted by molar-refractivity contribution is 7.15. The Bertz CT molecular complexity index is 1230. The molecule has 0 bridgehead atoms. The smallest absolute Gasteiger partial charge is 0.259 e. The van der Waals surface area contributed by atoms with Gasteiger partial charge in [0, 0.05) is 33.4 Å². The Kier molecular flexibility index (Phi) is 5.33. The maximum absolute atomic E-state index is 12.2. The summed E-state index contributed by atoms with van der Waals surface area (Å²) >= 11 is 7.26. The minimum absolute atomic E-state index is 0.118. The minimum atomic E-state index is -0.223. The Morgan fingerprint density at radius 2 is 1.90 bits per heavy atom. The summed E-state index contributed by atoms with van der Waals surface area (Å²) in [5.74, 6) is 0.387. The zero-order chi connectivity index (χ0) is 20.4. The molecule has 2 aromatic heterocycles. The zero-order valence-electron chi connectivity index (χ0n) is 15.4. The predicted molar refractivity (Wildman–Crippen MR) is 114 cm³/mol. The molecule has 29 heavy (non-hydrogen) atoms. The summed E-state index contributed by atoms with van der Waals surface area (Å²) in [5, 5.41) is 5.29. The number of halogens is 1. The Morgan fingerprint density at radius 3 is 2.62 bits per heavy atom. The number of rotatable bonds is 5. The van der Waals surface area contributed by atoms with Gasteiger partial charge in [0.1, 0.15) is 12.4 Å². The summed E-state index contributed by atoms with van der Waals surface area (Å²) in [7, 11) is 0. The second-order valence-electron chi connectivity index (χ2n) is 6.35. The molecule has 0 aliphatic carbocycles. The van der Waals surface area contributed by atoms with Gasteiger partial charge in [-0.15, -0.1) is 11.3 Å². The average molecular weight is 426 g/mol. The maximum atomic E-state index is 12.2. The largest absolute Gasteiger partial charge is 0.487 e. The quantitative estimate of drug-likeness (QED) is 0.509. The van der Waals surface area contributed by atoms with Crippen LogP contribution in [0, 0.1) is 6.92 Å². The van der Waals surface area contributed by atoms with Crippen LogP contribution in [0.5, 0.6) is 5.75 Å². The first kappa shape index (κ1) is 19.2. The van der Waals surface area contributed by atoms with Crippen molar-refractivity contribution in [2.45, 2.75) is 13.5 Å². The van der Waals surface area contributed by atoms with E-state index in [1.807, 2.05) is 12.3 Å². The van der Waals surface area contributed by atoms with Gasteiger partial charge >= 0.3 is 0 Å². The van der Waals surface area contributed by atoms with Gasteiger partial charge < -0.3 is 10.1 Å². The monoisotopic (exact) mass is 425 g/mol. The van der Waals surface area contributed by atoms with E-state index in [1.165, 1.54) is 17.4 Å². The fourth-order valence-electron chi connectivity index (χ4n) is 2.77. The molecule has 0 saturated carbocycles. The van der Waals surface area contributed by atoms with Gasteiger partial charge in [-0.05, 0) is 55.5 Å². The lowest BCUT2D eigenvalue weighted by Crippen LogP contribution is -2.16. The second-order valence-corrected chi connectivity index (χ2v) is 7.63. The molecule has 4 aromatic rings. The average Bonchev–Trinajstić information content (AvgIpc) is 3.09. The SMILES string of the molecule is Cc1csc2nc(COc3ccc(NC(=O)c4ccc(Cl)cc4)cc3)cc(=O)n12. The first-order chi connectivity index (χ1) is 14.0. The molecule has 4 rings (SSSR count). The lowest BCUT2D eigenvalue weighted by Gasteiger charge is -2.08. The first-order valence-electron chi connectivity index (χ1n) is 8.76. The third-order valence-corrected chi connectivity index (χ3v) is 5.43. The van der Waals surface area contributed by atoms with E-state index in [2.05, 4.69) is 10.3 Å². The summed E-state index contributed by atoms with van der Waals surface area (Å²) < 4.78 is 7.30. The molecule has 0 fully saturated rings. The fourth-order valence-corrected chi connectivity index (χ4v) is 3.79. The summed E-state index contributed by atoms with van der Waals surface area (Å²) in [4.78, 5) is 29.5. The highest BCUT2D eigenvalue weighted by Gasteiger charge is 2.08. The number of aromatic nitrogens is 2. The number of ether oxygens (including phenoxy) is 1. The fraction of sp³-hybridized carbons (Fsp3) is 0.0952. The second kappa shape index (κ2) is 8.06. The lowest BCUT2D eigenvalue weighted by atomic mass is 10.2. The van der Waals surface area contributed by atoms with Crippen LogP contribution in [0.15, 0.2) is 64.8 Å². The Balaban J connectivity index is 1.40. The highest BCUT2D eigenvalue weighted by atomic mass is 35.5. The van der Waals surface area contributed by atoms with Crippen molar-refractivity contribution >= 4 is 39.5 Å². The predicted octanol–water partition coefficient (Wildman–Crippen LogP) is 4.55. The third-order valence-electron chi connectivity index (χ3n) is 4.23. The van der Waals surface area contributed by atoms with Crippen LogP contribution in [-0.2, 0) is 6.61 Å². The van der Waals surface area contributed by atoms with Gasteiger partial charge in [-0.2, -0.15) is 0 Å². The van der Waals surface area contributed by atoms with Crippen LogP contribution in [-0.4, -0.2) is 15.3 Å². The molecule has 0 radical (unpaired) electrons. The van der Waals surface area contributed by atoms with Gasteiger partial charge in [0.05, 0.1) is 5.69 Å². The Morgan fingerprint density at radius 1 is 1.17 bits per heavy atom. The van der Waals surface area contributed by atoms with Gasteiger partial charge in [-0.3, -0.25) is 14.0 Å². The summed E-state index contributed by atoms with van der Waals surface area (Å²) in [5.41, 5.74) is 2.48. The van der Waals surface area contributed by atoms with E-state index < -0.39 is 0 Å². The molecule has 146 valence electrons. The van der Waals surface area contributed by atoms with E-state index in [0.29, 0.717) is 32.7 Å². The number of aryl methyl sites for hydroxylation is 1. The van der Waals surface area contributed by atoms with Crippen molar-refractivity contribution < 1.29 is 9.53 Å². The molecule has 1 amide bonds. The molecule has 6 nitrogen and oxygen atoms in total. The standard InChI is InChI=1S/C21H16ClN3O3S/c1-13-12-29-21-24-17(10-19(26)25(13)21)11-28-18-8-6-16(7-9-18)23-20(27)14-2-4-15(22)5-3-14/h2-10,12H,11H2,1H3,(H,23,27). The molecule has 0 unspecified atom stereocenters. The van der Waals surface area contributed by atoms with Gasteiger partial charge in [0.25, 0.3) is 11.5 Å². The van der Waals surface area contributed by atoms with Crippen LogP contribution in [0.2, 0.25) is 5.02 Å². The molecule has 2 aromatic carbocycles. The first-order valence-corrected chi connectivity index (χ1v) is 10.0. The number of nitrogens with zero attached hydrogens (tertiary/aromatic N) is 2. The van der Waals surface area contributed by atoms with Gasteiger partial charge in [0.2, 0.25) is 0 Å². The molecular weight excluding hydrogens is 410 g/mol. The summed E-state index contributed by atoms with van der Waals surface area (Å²) in [6.07, 6.45) is 0. The van der Waals surface area contributed by atoms with Crippen LogP contribution in [0.3, 0.4) is 0 Å². The highest BCUT2D eigenvalue weighted by Crippen LogP contribution is 2.19. The third kappa shape index (κ3) is 4.31. The molecule has 0 spiro atoms. The number of anilines is 1. The van der Waals surface area contributed by atoms with Crippen LogP contribution in [0.1, 0.15) is 21.7 Å². The van der Waals surface area contributed by atoms with Crippen molar-refractivity contribution in [3.05, 3.63) is 92.3 Å². The number of benzene rings is 2. The van der Waals surface area contributed by atoms with Crippen molar-refractivity contribution in [1.29, 1.82) is 0 Å². The van der Waals surface area contributed by atoms with Gasteiger partial charge in [0.15, 0.2) is 4.96 Å². The number of thiazole rings is 1. The zero-order valence-corrected chi connectivity index (χ0v) is 17.0. The van der Waals surface area contributed by atoms with E-state index in [1.54, 1.807) is 52.9 Å². The molecule has 0 atom stereocenters. The normalized spacial score (nSPS) is 10.8. The number of hydrogen-bond acceptors (Lipinski definition) is 5. The van der Waals surface area contributed by atoms with Gasteiger partial charge in [-0.1, -0.05) is 11.6 Å². The van der Waals surface area contributed by atoms with E-state index in [-0.39, 0.29) is 18.1 Å². The van der Waals surface area contributed by atoms with E-state index in [0.717, 1.165) is 5.69 Å². The van der Waals surface area contributed by atoms with Crippen LogP contribution in [0.25, 0.3) is 4.96 Å². The van der Waals surface area contributed by atoms with Gasteiger partial charge in [-0.25, -0.2) is 4.98 Å². The Labute approximate surface area is 175 Å². The number of carbonyl (C=O) groups is 1. The van der Waals surface area contributed by atoms with Crippen LogP contribution < -0.4 is 15.6 Å². The maximum Gasteiger partial charge on any atom is 0.259 e. The number of amides is 1. The topological polar surface area (TPSA) is 72.7 Å². The molecule has 0 aliphatic heterocycles. The number of fused-ring (bicyclic) bond motifs is 1. The molecule has 2 heterocycles. The van der Waals surface area contributed by atoms with Crippen molar-refractivity contribution in [3.8, 4) is 5.75 Å². The van der Waals surface area contributed by atoms with E-state index >= 15 is 0 Å². The Hall–Kier alpha value is -3.16. The molecule has 0 saturated heterocycles. The molecule has 8 heteroatoms. The van der Waals surface area contributed by atoms with E-state index in [4.69, 9.17) is 16.3 Å². The molecule has 0 aliphatic rings. The van der Waals surface area contributed by atoms with Crippen LogP contribution in [0.4, 0.5) is 5.69 Å². The lowest BCUT2D eigenvalue weighted by molar-refractivity contribution is 0.102. The van der Waals surface area contributed by atoms with Crippen molar-refractivity contribution in [2.24, 2.45) is 0 Å². The molecular formula is C21H16ClN3O3S. The summed E-state index contributed by atoms with van der Waals surface area (Å²) in [6.45, 7) is 2.05. The number of nitrogens with one attached hydrogen (secondary N) is 1. The van der Waals surface area contributed by atoms with E-state index in [9.17, 15) is 9.59 Å².